The summed E-state index contributed by atoms with van der Waals surface area (Å²) < 4.78 is 2.08. The standard InChI is InChI=1S/C20H17.C13H10.2ClH.Zr/c1-13-11-18-17-10-6-5-9-16(17)12-19(18)20(14(13)2)15-7-3-4-8-15;1-3-7-12(8-4-1)11-13-9-5-2-6-10-13;;;/h3-7,9-12H,8H2,1-2H3;1-10H;2*1H;/q;;;;+2/p-2. The van der Waals surface area contributed by atoms with Gasteiger partial charge >= 0.3 is 215 Å². The predicted molar refractivity (Wildman–Crippen MR) is 141 cm³/mol. The van der Waals surface area contributed by atoms with Crippen LogP contribution in [0.4, 0.5) is 0 Å². The van der Waals surface area contributed by atoms with Gasteiger partial charge in [0.1, 0.15) is 0 Å². The van der Waals surface area contributed by atoms with Gasteiger partial charge in [-0.1, -0.05) is 0 Å². The molecule has 0 aromatic heterocycles. The molecule has 0 saturated heterocycles. The molecule has 4 aromatic rings. The average molecular weight is 586 g/mol. The summed E-state index contributed by atoms with van der Waals surface area (Å²) in [6, 6.07) is 33.8. The van der Waals surface area contributed by atoms with Crippen molar-refractivity contribution in [3.8, 4) is 11.1 Å². The van der Waals surface area contributed by atoms with E-state index in [1.54, 1.807) is 8.77 Å². The summed E-state index contributed by atoms with van der Waals surface area (Å²) in [6.07, 6.45) is 7.91. The van der Waals surface area contributed by atoms with Gasteiger partial charge in [-0.05, 0) is 0 Å². The van der Waals surface area contributed by atoms with Crippen LogP contribution in [-0.2, 0) is 22.8 Å². The molecular formula is C33H27Cl2Zr. The first-order valence-corrected chi connectivity index (χ1v) is 14.7. The second-order valence-corrected chi connectivity index (χ2v) is 12.6. The molecular weight excluding hydrogens is 558 g/mol. The van der Waals surface area contributed by atoms with Gasteiger partial charge in [-0.15, -0.1) is 0 Å². The van der Waals surface area contributed by atoms with Crippen LogP contribution < -0.4 is 24.8 Å². The summed E-state index contributed by atoms with van der Waals surface area (Å²) in [6.45, 7) is 4.61. The fourth-order valence-electron chi connectivity index (χ4n) is 5.49. The molecule has 1 unspecified atom stereocenters. The van der Waals surface area contributed by atoms with Crippen molar-refractivity contribution >= 4 is 8.78 Å². The summed E-state index contributed by atoms with van der Waals surface area (Å²) in [4.78, 5) is 0. The molecule has 0 spiro atoms. The van der Waals surface area contributed by atoms with Crippen LogP contribution in [0.25, 0.3) is 16.7 Å². The first kappa shape index (κ1) is 26.7. The third kappa shape index (κ3) is 4.70. The normalized spacial score (nSPS) is 14.6. The number of halogens is 2. The van der Waals surface area contributed by atoms with E-state index in [1.807, 2.05) is 0 Å². The zero-order valence-electron chi connectivity index (χ0n) is 20.4. The van der Waals surface area contributed by atoms with Crippen molar-refractivity contribution in [3.05, 3.63) is 148 Å². The van der Waals surface area contributed by atoms with Crippen molar-refractivity contribution in [2.24, 2.45) is 0 Å². The Kier molecular flexibility index (Phi) is 8.46. The Morgan fingerprint density at radius 2 is 1.36 bits per heavy atom. The maximum atomic E-state index is 2.46. The maximum Gasteiger partial charge on any atom is -1.00 e. The van der Waals surface area contributed by atoms with Gasteiger partial charge in [-0.25, -0.2) is 0 Å². The molecule has 2 aliphatic carbocycles. The number of allylic oxidation sites excluding steroid dienone is 4. The van der Waals surface area contributed by atoms with Crippen LogP contribution in [0.2, 0.25) is 0 Å². The SMILES string of the molecule is Cc1cc2c(c(C3=CC=CC3)c1C)[CH]([Zr+2]=[C](c1ccccc1)c1ccccc1)c1ccccc1-2.[Cl-].[Cl-]. The molecule has 0 radical (unpaired) electrons. The molecule has 0 amide bonds. The zero-order chi connectivity index (χ0) is 23.1. The molecule has 0 fully saturated rings. The third-order valence-corrected chi connectivity index (χ3v) is 11.6. The van der Waals surface area contributed by atoms with Crippen molar-refractivity contribution in [2.75, 3.05) is 0 Å². The molecule has 0 N–H and O–H groups in total. The maximum absolute atomic E-state index is 2.46. The Balaban J connectivity index is 0.00000152. The van der Waals surface area contributed by atoms with E-state index in [1.165, 1.54) is 50.1 Å². The summed E-state index contributed by atoms with van der Waals surface area (Å²) in [5, 5.41) is 0. The number of hydrogen-bond donors (Lipinski definition) is 0. The summed E-state index contributed by atoms with van der Waals surface area (Å²) in [7, 11) is 0. The van der Waals surface area contributed by atoms with E-state index >= 15 is 0 Å². The molecule has 4 aromatic carbocycles. The van der Waals surface area contributed by atoms with E-state index in [4.69, 9.17) is 0 Å². The Bertz CT molecular complexity index is 1440. The molecule has 6 rings (SSSR count). The molecule has 0 aliphatic heterocycles. The van der Waals surface area contributed by atoms with Gasteiger partial charge in [-0.2, -0.15) is 0 Å². The van der Waals surface area contributed by atoms with Crippen LogP contribution in [0.1, 0.15) is 49.0 Å². The van der Waals surface area contributed by atoms with Gasteiger partial charge in [-0.3, -0.25) is 0 Å². The van der Waals surface area contributed by atoms with Gasteiger partial charge in [0.05, 0.1) is 0 Å². The van der Waals surface area contributed by atoms with Crippen LogP contribution in [0, 0.1) is 13.8 Å². The molecule has 3 heteroatoms. The average Bonchev–Trinajstić information content (AvgIpc) is 3.52. The molecule has 0 bridgehead atoms. The van der Waals surface area contributed by atoms with Crippen LogP contribution in [0.15, 0.2) is 109 Å². The van der Waals surface area contributed by atoms with Gasteiger partial charge in [0.15, 0.2) is 0 Å². The van der Waals surface area contributed by atoms with E-state index in [9.17, 15) is 0 Å². The Morgan fingerprint density at radius 1 is 0.750 bits per heavy atom. The first-order valence-electron chi connectivity index (χ1n) is 12.1. The van der Waals surface area contributed by atoms with Gasteiger partial charge < -0.3 is 24.8 Å². The fraction of sp³-hybridized carbons (Fsp3) is 0.121. The van der Waals surface area contributed by atoms with E-state index in [0.29, 0.717) is 3.63 Å². The van der Waals surface area contributed by atoms with Crippen molar-refractivity contribution in [1.29, 1.82) is 0 Å². The van der Waals surface area contributed by atoms with Crippen LogP contribution in [0.3, 0.4) is 0 Å². The van der Waals surface area contributed by atoms with E-state index in [0.717, 1.165) is 6.42 Å². The van der Waals surface area contributed by atoms with Crippen molar-refractivity contribution < 1.29 is 47.6 Å². The molecule has 0 saturated carbocycles. The smallest absolute Gasteiger partial charge is 1.00 e. The quantitative estimate of drug-likeness (QED) is 0.344. The Hall–Kier alpha value is -2.31. The van der Waals surface area contributed by atoms with Crippen molar-refractivity contribution in [1.82, 2.24) is 0 Å². The molecule has 1 atom stereocenters. The second kappa shape index (κ2) is 11.4. The molecule has 2 aliphatic rings. The van der Waals surface area contributed by atoms with E-state index < -0.39 is 22.8 Å². The predicted octanol–water partition coefficient (Wildman–Crippen LogP) is 2.08. The summed E-state index contributed by atoms with van der Waals surface area (Å²) >= 11 is -1.10. The summed E-state index contributed by atoms with van der Waals surface area (Å²) in [5.41, 5.74) is 14.7. The topological polar surface area (TPSA) is 0 Å². The summed E-state index contributed by atoms with van der Waals surface area (Å²) in [5.74, 6) is 0. The Morgan fingerprint density at radius 3 is 1.97 bits per heavy atom. The number of fused-ring (bicyclic) bond motifs is 3. The number of benzene rings is 4. The molecule has 177 valence electrons. The number of rotatable bonds is 4. The molecule has 0 heterocycles. The van der Waals surface area contributed by atoms with Gasteiger partial charge in [0, 0.05) is 0 Å². The largest absolute Gasteiger partial charge is 1.00 e. The minimum absolute atomic E-state index is 0. The second-order valence-electron chi connectivity index (χ2n) is 9.25. The van der Waals surface area contributed by atoms with Crippen molar-refractivity contribution in [2.45, 2.75) is 23.9 Å². The number of aryl methyl sites for hydroxylation is 1. The van der Waals surface area contributed by atoms with E-state index in [-0.39, 0.29) is 24.8 Å². The molecule has 0 nitrogen and oxygen atoms in total. The number of hydrogen-bond acceptors (Lipinski definition) is 0. The van der Waals surface area contributed by atoms with Crippen LogP contribution >= 0.6 is 0 Å². The van der Waals surface area contributed by atoms with Gasteiger partial charge in [0.2, 0.25) is 0 Å². The van der Waals surface area contributed by atoms with Crippen molar-refractivity contribution in [3.63, 3.8) is 0 Å². The monoisotopic (exact) mass is 583 g/mol. The van der Waals surface area contributed by atoms with Crippen LogP contribution in [0.5, 0.6) is 0 Å². The van der Waals surface area contributed by atoms with E-state index in [2.05, 4.69) is 123 Å². The minimum Gasteiger partial charge on any atom is -1.00 e. The fourth-order valence-corrected chi connectivity index (χ4v) is 9.93. The third-order valence-electron chi connectivity index (χ3n) is 7.24. The first-order chi connectivity index (χ1) is 16.7. The molecule has 36 heavy (non-hydrogen) atoms. The Labute approximate surface area is 238 Å². The minimum atomic E-state index is -1.10. The van der Waals surface area contributed by atoms with Gasteiger partial charge in [0.25, 0.3) is 0 Å². The zero-order valence-corrected chi connectivity index (χ0v) is 24.4. The van der Waals surface area contributed by atoms with Crippen LogP contribution in [-0.4, -0.2) is 3.21 Å².